The molecule has 1 heterocycles. The van der Waals surface area contributed by atoms with Gasteiger partial charge in [-0.25, -0.2) is 0 Å². The minimum absolute atomic E-state index is 0.444. The highest BCUT2D eigenvalue weighted by Crippen LogP contribution is 2.19. The fourth-order valence-corrected chi connectivity index (χ4v) is 2.12. The SMILES string of the molecule is C[C@@H]1CNCC(c2ccc(N(C)C)cc2)N1. The minimum Gasteiger partial charge on any atom is -0.378 e. The van der Waals surface area contributed by atoms with Crippen LogP contribution in [0.4, 0.5) is 5.69 Å². The van der Waals surface area contributed by atoms with Gasteiger partial charge in [-0.1, -0.05) is 12.1 Å². The van der Waals surface area contributed by atoms with Crippen LogP contribution in [0.2, 0.25) is 0 Å². The van der Waals surface area contributed by atoms with Gasteiger partial charge in [0.2, 0.25) is 0 Å². The third kappa shape index (κ3) is 2.54. The van der Waals surface area contributed by atoms with Crippen molar-refractivity contribution >= 4 is 5.69 Å². The van der Waals surface area contributed by atoms with E-state index >= 15 is 0 Å². The number of nitrogens with zero attached hydrogens (tertiary/aromatic N) is 1. The highest BCUT2D eigenvalue weighted by molar-refractivity contribution is 5.46. The number of nitrogens with one attached hydrogen (secondary N) is 2. The van der Waals surface area contributed by atoms with E-state index < -0.39 is 0 Å². The van der Waals surface area contributed by atoms with E-state index in [1.54, 1.807) is 0 Å². The van der Waals surface area contributed by atoms with Crippen molar-refractivity contribution < 1.29 is 0 Å². The molecular weight excluding hydrogens is 198 g/mol. The van der Waals surface area contributed by atoms with Gasteiger partial charge in [0.1, 0.15) is 0 Å². The first-order valence-electron chi connectivity index (χ1n) is 5.91. The Kier molecular flexibility index (Phi) is 3.46. The zero-order valence-corrected chi connectivity index (χ0v) is 10.3. The molecule has 2 atom stereocenters. The van der Waals surface area contributed by atoms with Gasteiger partial charge < -0.3 is 15.5 Å². The van der Waals surface area contributed by atoms with E-state index in [9.17, 15) is 0 Å². The number of anilines is 1. The lowest BCUT2D eigenvalue weighted by atomic mass is 10.0. The van der Waals surface area contributed by atoms with Gasteiger partial charge in [0.25, 0.3) is 0 Å². The maximum absolute atomic E-state index is 3.61. The summed E-state index contributed by atoms with van der Waals surface area (Å²) in [6.07, 6.45) is 0. The Bertz CT molecular complexity index is 332. The molecule has 0 aliphatic carbocycles. The summed E-state index contributed by atoms with van der Waals surface area (Å²) >= 11 is 0. The highest BCUT2D eigenvalue weighted by atomic mass is 15.1. The van der Waals surface area contributed by atoms with Crippen molar-refractivity contribution in [2.24, 2.45) is 0 Å². The van der Waals surface area contributed by atoms with Crippen molar-refractivity contribution in [2.75, 3.05) is 32.1 Å². The lowest BCUT2D eigenvalue weighted by Gasteiger charge is -2.30. The Morgan fingerprint density at radius 1 is 1.12 bits per heavy atom. The van der Waals surface area contributed by atoms with Crippen LogP contribution >= 0.6 is 0 Å². The number of hydrogen-bond acceptors (Lipinski definition) is 3. The third-order valence-corrected chi connectivity index (χ3v) is 3.10. The van der Waals surface area contributed by atoms with Gasteiger partial charge >= 0.3 is 0 Å². The van der Waals surface area contributed by atoms with Crippen LogP contribution in [-0.4, -0.2) is 33.2 Å². The first-order chi connectivity index (χ1) is 7.66. The van der Waals surface area contributed by atoms with Gasteiger partial charge in [0, 0.05) is 45.0 Å². The van der Waals surface area contributed by atoms with Crippen LogP contribution in [0.15, 0.2) is 24.3 Å². The van der Waals surface area contributed by atoms with Crippen LogP contribution in [0, 0.1) is 0 Å². The lowest BCUT2D eigenvalue weighted by molar-refractivity contribution is 0.360. The van der Waals surface area contributed by atoms with Gasteiger partial charge in [-0.05, 0) is 24.6 Å². The van der Waals surface area contributed by atoms with Crippen LogP contribution in [0.25, 0.3) is 0 Å². The molecule has 0 bridgehead atoms. The molecule has 0 radical (unpaired) electrons. The second-order valence-corrected chi connectivity index (χ2v) is 4.76. The molecule has 1 aliphatic heterocycles. The Labute approximate surface area is 97.8 Å². The van der Waals surface area contributed by atoms with Crippen molar-refractivity contribution in [2.45, 2.75) is 19.0 Å². The van der Waals surface area contributed by atoms with E-state index in [1.165, 1.54) is 11.3 Å². The van der Waals surface area contributed by atoms with E-state index in [0.717, 1.165) is 13.1 Å². The highest BCUT2D eigenvalue weighted by Gasteiger charge is 2.18. The Morgan fingerprint density at radius 3 is 2.38 bits per heavy atom. The zero-order valence-electron chi connectivity index (χ0n) is 10.3. The molecule has 3 nitrogen and oxygen atoms in total. The Balaban J connectivity index is 2.09. The molecule has 1 unspecified atom stereocenters. The van der Waals surface area contributed by atoms with Gasteiger partial charge in [0.05, 0.1) is 0 Å². The summed E-state index contributed by atoms with van der Waals surface area (Å²) < 4.78 is 0. The van der Waals surface area contributed by atoms with Gasteiger partial charge in [-0.2, -0.15) is 0 Å². The predicted molar refractivity (Wildman–Crippen MR) is 69.0 cm³/mol. The summed E-state index contributed by atoms with van der Waals surface area (Å²) in [4.78, 5) is 2.12. The molecule has 3 heteroatoms. The molecule has 16 heavy (non-hydrogen) atoms. The summed E-state index contributed by atoms with van der Waals surface area (Å²) in [6.45, 7) is 4.30. The first-order valence-corrected chi connectivity index (χ1v) is 5.91. The number of rotatable bonds is 2. The molecule has 0 aromatic heterocycles. The van der Waals surface area contributed by atoms with Crippen molar-refractivity contribution in [1.82, 2.24) is 10.6 Å². The second-order valence-electron chi connectivity index (χ2n) is 4.76. The van der Waals surface area contributed by atoms with E-state index in [1.807, 2.05) is 0 Å². The molecule has 2 N–H and O–H groups in total. The van der Waals surface area contributed by atoms with Gasteiger partial charge in [-0.15, -0.1) is 0 Å². The topological polar surface area (TPSA) is 27.3 Å². The summed E-state index contributed by atoms with van der Waals surface area (Å²) in [6, 6.07) is 9.78. The van der Waals surface area contributed by atoms with Gasteiger partial charge in [-0.3, -0.25) is 0 Å². The van der Waals surface area contributed by atoms with Crippen LogP contribution < -0.4 is 15.5 Å². The number of benzene rings is 1. The lowest BCUT2D eigenvalue weighted by Crippen LogP contribution is -2.48. The average molecular weight is 219 g/mol. The van der Waals surface area contributed by atoms with Gasteiger partial charge in [0.15, 0.2) is 0 Å². The number of piperazine rings is 1. The van der Waals surface area contributed by atoms with Crippen molar-refractivity contribution in [1.29, 1.82) is 0 Å². The summed E-state index contributed by atoms with van der Waals surface area (Å²) in [5, 5.41) is 7.05. The molecule has 0 saturated carbocycles. The largest absolute Gasteiger partial charge is 0.378 e. The fourth-order valence-electron chi connectivity index (χ4n) is 2.12. The summed E-state index contributed by atoms with van der Waals surface area (Å²) in [5.41, 5.74) is 2.62. The first kappa shape index (κ1) is 11.4. The smallest absolute Gasteiger partial charge is 0.0449 e. The minimum atomic E-state index is 0.444. The van der Waals surface area contributed by atoms with Crippen LogP contribution in [0.3, 0.4) is 0 Å². The van der Waals surface area contributed by atoms with Crippen molar-refractivity contribution in [3.63, 3.8) is 0 Å². The molecule has 88 valence electrons. The molecule has 0 amide bonds. The standard InChI is InChI=1S/C13H21N3/c1-10-8-14-9-13(15-10)11-4-6-12(7-5-11)16(2)3/h4-7,10,13-15H,8-9H2,1-3H3/t10-,13?/m1/s1. The van der Waals surface area contributed by atoms with Crippen molar-refractivity contribution in [3.05, 3.63) is 29.8 Å². The average Bonchev–Trinajstić information content (AvgIpc) is 2.29. The van der Waals surface area contributed by atoms with Crippen LogP contribution in [-0.2, 0) is 0 Å². The van der Waals surface area contributed by atoms with E-state index in [2.05, 4.69) is 60.8 Å². The molecule has 1 aromatic carbocycles. The summed E-state index contributed by atoms with van der Waals surface area (Å²) in [5.74, 6) is 0. The van der Waals surface area contributed by atoms with E-state index in [-0.39, 0.29) is 0 Å². The van der Waals surface area contributed by atoms with Crippen LogP contribution in [0.5, 0.6) is 0 Å². The molecule has 1 fully saturated rings. The predicted octanol–water partition coefficient (Wildman–Crippen LogP) is 1.37. The van der Waals surface area contributed by atoms with Crippen molar-refractivity contribution in [3.8, 4) is 0 Å². The fraction of sp³-hybridized carbons (Fsp3) is 0.538. The third-order valence-electron chi connectivity index (χ3n) is 3.10. The second kappa shape index (κ2) is 4.85. The van der Waals surface area contributed by atoms with E-state index in [0.29, 0.717) is 12.1 Å². The zero-order chi connectivity index (χ0) is 11.5. The maximum atomic E-state index is 3.61. The normalized spacial score (nSPS) is 25.4. The summed E-state index contributed by atoms with van der Waals surface area (Å²) in [7, 11) is 4.13. The molecule has 1 aromatic rings. The quantitative estimate of drug-likeness (QED) is 0.787. The van der Waals surface area contributed by atoms with E-state index in [4.69, 9.17) is 0 Å². The molecular formula is C13H21N3. The molecule has 1 saturated heterocycles. The molecule has 1 aliphatic rings. The maximum Gasteiger partial charge on any atom is 0.0449 e. The Hall–Kier alpha value is -1.06. The number of hydrogen-bond donors (Lipinski definition) is 2. The van der Waals surface area contributed by atoms with Crippen LogP contribution in [0.1, 0.15) is 18.5 Å². The molecule has 0 spiro atoms. The Morgan fingerprint density at radius 2 is 1.81 bits per heavy atom. The monoisotopic (exact) mass is 219 g/mol. The molecule has 2 rings (SSSR count).